The van der Waals surface area contributed by atoms with Crippen molar-refractivity contribution in [3.8, 4) is 0 Å². The van der Waals surface area contributed by atoms with Crippen molar-refractivity contribution in [3.63, 3.8) is 0 Å². The van der Waals surface area contributed by atoms with Gasteiger partial charge in [-0.2, -0.15) is 13.2 Å². The van der Waals surface area contributed by atoms with Crippen molar-refractivity contribution in [2.24, 2.45) is 0 Å². The van der Waals surface area contributed by atoms with Crippen LogP contribution in [0.2, 0.25) is 0 Å². The topological polar surface area (TPSA) is 0 Å². The van der Waals surface area contributed by atoms with Crippen molar-refractivity contribution in [2.45, 2.75) is 57.5 Å². The normalized spacial score (nSPS) is 12.0. The van der Waals surface area contributed by atoms with Crippen molar-refractivity contribution in [3.05, 3.63) is 6.92 Å². The van der Waals surface area contributed by atoms with Gasteiger partial charge in [-0.15, -0.1) is 0 Å². The van der Waals surface area contributed by atoms with Crippen LogP contribution < -0.4 is 0 Å². The average molecular weight is 195 g/mol. The van der Waals surface area contributed by atoms with Crippen LogP contribution in [0.4, 0.5) is 13.2 Å². The zero-order valence-corrected chi connectivity index (χ0v) is 8.00. The molecule has 0 N–H and O–H groups in total. The lowest BCUT2D eigenvalue weighted by Crippen LogP contribution is -2.06. The standard InChI is InChI=1S/C10H18F3/c1-2-3-4-5-6-7-8-9-10(11,12)13/h1-9H2. The maximum absolute atomic E-state index is 11.7. The monoisotopic (exact) mass is 195 g/mol. The van der Waals surface area contributed by atoms with Crippen LogP contribution in [0.3, 0.4) is 0 Å². The van der Waals surface area contributed by atoms with Gasteiger partial charge in [-0.3, -0.25) is 0 Å². The van der Waals surface area contributed by atoms with Crippen LogP contribution in [0.5, 0.6) is 0 Å². The number of hydrogen-bond acceptors (Lipinski definition) is 0. The smallest absolute Gasteiger partial charge is 0.171 e. The van der Waals surface area contributed by atoms with E-state index in [1.165, 1.54) is 0 Å². The average Bonchev–Trinajstić information content (AvgIpc) is 2.01. The highest BCUT2D eigenvalue weighted by molar-refractivity contribution is 4.52. The summed E-state index contributed by atoms with van der Waals surface area (Å²) in [5.74, 6) is 0. The Kier molecular flexibility index (Phi) is 7.10. The van der Waals surface area contributed by atoms with E-state index in [1.807, 2.05) is 0 Å². The Labute approximate surface area is 78.5 Å². The van der Waals surface area contributed by atoms with Crippen molar-refractivity contribution < 1.29 is 13.2 Å². The van der Waals surface area contributed by atoms with E-state index in [0.29, 0.717) is 6.42 Å². The lowest BCUT2D eigenvalue weighted by molar-refractivity contribution is -0.135. The van der Waals surface area contributed by atoms with E-state index < -0.39 is 12.6 Å². The summed E-state index contributed by atoms with van der Waals surface area (Å²) >= 11 is 0. The quantitative estimate of drug-likeness (QED) is 0.524. The van der Waals surface area contributed by atoms with Crippen LogP contribution in [0, 0.1) is 6.92 Å². The van der Waals surface area contributed by atoms with Crippen molar-refractivity contribution in [1.29, 1.82) is 0 Å². The summed E-state index contributed by atoms with van der Waals surface area (Å²) in [6.07, 6.45) is 1.51. The van der Waals surface area contributed by atoms with Crippen LogP contribution >= 0.6 is 0 Å². The van der Waals surface area contributed by atoms with Crippen LogP contribution in [0.1, 0.15) is 51.4 Å². The second-order valence-electron chi connectivity index (χ2n) is 3.34. The molecular weight excluding hydrogens is 177 g/mol. The second-order valence-corrected chi connectivity index (χ2v) is 3.34. The lowest BCUT2D eigenvalue weighted by atomic mass is 10.1. The van der Waals surface area contributed by atoms with Gasteiger partial charge in [-0.05, 0) is 6.42 Å². The fraction of sp³-hybridized carbons (Fsp3) is 0.900. The first-order chi connectivity index (χ1) is 6.06. The highest BCUT2D eigenvalue weighted by Gasteiger charge is 2.25. The Balaban J connectivity index is 3.00. The minimum Gasteiger partial charge on any atom is -0.171 e. The molecule has 0 bridgehead atoms. The number of rotatable bonds is 7. The molecule has 0 amide bonds. The summed E-state index contributed by atoms with van der Waals surface area (Å²) in [4.78, 5) is 0. The molecule has 0 aliphatic heterocycles. The fourth-order valence-electron chi connectivity index (χ4n) is 1.21. The summed E-state index contributed by atoms with van der Waals surface area (Å²) in [7, 11) is 0. The van der Waals surface area contributed by atoms with Gasteiger partial charge >= 0.3 is 6.18 Å². The molecule has 3 heteroatoms. The molecule has 0 heterocycles. The zero-order valence-electron chi connectivity index (χ0n) is 8.00. The van der Waals surface area contributed by atoms with Crippen molar-refractivity contribution in [2.75, 3.05) is 0 Å². The third-order valence-corrected chi connectivity index (χ3v) is 1.96. The van der Waals surface area contributed by atoms with Gasteiger partial charge in [0.2, 0.25) is 0 Å². The van der Waals surface area contributed by atoms with Crippen LogP contribution in [0.25, 0.3) is 0 Å². The minimum atomic E-state index is -3.96. The molecule has 0 saturated carbocycles. The third-order valence-electron chi connectivity index (χ3n) is 1.96. The predicted molar refractivity (Wildman–Crippen MR) is 48.3 cm³/mol. The van der Waals surface area contributed by atoms with Crippen LogP contribution in [-0.4, -0.2) is 6.18 Å². The molecule has 13 heavy (non-hydrogen) atoms. The summed E-state index contributed by atoms with van der Waals surface area (Å²) in [5, 5.41) is 0. The Morgan fingerprint density at radius 3 is 1.69 bits per heavy atom. The molecule has 79 valence electrons. The largest absolute Gasteiger partial charge is 0.389 e. The molecule has 0 rings (SSSR count). The van der Waals surface area contributed by atoms with E-state index in [9.17, 15) is 13.2 Å². The number of alkyl halides is 3. The molecular formula is C10H18F3. The SMILES string of the molecule is [CH2]CCCCCCCCC(F)(F)F. The molecule has 1 radical (unpaired) electrons. The summed E-state index contributed by atoms with van der Waals surface area (Å²) < 4.78 is 35.0. The summed E-state index contributed by atoms with van der Waals surface area (Å²) in [6.45, 7) is 3.70. The van der Waals surface area contributed by atoms with E-state index in [1.54, 1.807) is 0 Å². The van der Waals surface area contributed by atoms with Gasteiger partial charge in [0.1, 0.15) is 0 Å². The molecule has 0 fully saturated rings. The molecule has 0 aromatic heterocycles. The van der Waals surface area contributed by atoms with E-state index >= 15 is 0 Å². The second kappa shape index (κ2) is 7.22. The first-order valence-electron chi connectivity index (χ1n) is 4.92. The molecule has 0 aliphatic rings. The third kappa shape index (κ3) is 11.8. The molecule has 0 saturated heterocycles. The van der Waals surface area contributed by atoms with Gasteiger partial charge in [0.25, 0.3) is 0 Å². The van der Waals surface area contributed by atoms with Crippen molar-refractivity contribution in [1.82, 2.24) is 0 Å². The maximum Gasteiger partial charge on any atom is 0.389 e. The molecule has 0 nitrogen and oxygen atoms in total. The predicted octanol–water partition coefficient (Wildman–Crippen LogP) is 4.50. The molecule has 0 aromatic rings. The van der Waals surface area contributed by atoms with Gasteiger partial charge in [-0.25, -0.2) is 0 Å². The highest BCUT2D eigenvalue weighted by Crippen LogP contribution is 2.23. The number of halogens is 3. The fourth-order valence-corrected chi connectivity index (χ4v) is 1.21. The maximum atomic E-state index is 11.7. The minimum absolute atomic E-state index is 0.286. The first kappa shape index (κ1) is 12.8. The summed E-state index contributed by atoms with van der Waals surface area (Å²) in [5.41, 5.74) is 0. The Hall–Kier alpha value is -0.210. The first-order valence-corrected chi connectivity index (χ1v) is 4.92. The van der Waals surface area contributed by atoms with E-state index in [0.717, 1.165) is 32.1 Å². The summed E-state index contributed by atoms with van der Waals surface area (Å²) in [6, 6.07) is 0. The number of hydrogen-bond donors (Lipinski definition) is 0. The molecule has 0 atom stereocenters. The van der Waals surface area contributed by atoms with Crippen molar-refractivity contribution >= 4 is 0 Å². The van der Waals surface area contributed by atoms with Gasteiger partial charge < -0.3 is 0 Å². The van der Waals surface area contributed by atoms with Crippen LogP contribution in [0.15, 0.2) is 0 Å². The van der Waals surface area contributed by atoms with Crippen LogP contribution in [-0.2, 0) is 0 Å². The Morgan fingerprint density at radius 2 is 1.23 bits per heavy atom. The van der Waals surface area contributed by atoms with Gasteiger partial charge in [0, 0.05) is 6.42 Å². The van der Waals surface area contributed by atoms with E-state index in [2.05, 4.69) is 6.92 Å². The Morgan fingerprint density at radius 1 is 0.769 bits per heavy atom. The molecule has 0 aliphatic carbocycles. The van der Waals surface area contributed by atoms with Gasteiger partial charge in [0.05, 0.1) is 0 Å². The van der Waals surface area contributed by atoms with Gasteiger partial charge in [-0.1, -0.05) is 45.4 Å². The van der Waals surface area contributed by atoms with Gasteiger partial charge in [0.15, 0.2) is 0 Å². The molecule has 0 aromatic carbocycles. The van der Waals surface area contributed by atoms with E-state index in [4.69, 9.17) is 0 Å². The number of unbranched alkanes of at least 4 members (excludes halogenated alkanes) is 6. The molecule has 0 spiro atoms. The van der Waals surface area contributed by atoms with E-state index in [-0.39, 0.29) is 6.42 Å². The Bertz CT molecular complexity index is 107. The zero-order chi connectivity index (χ0) is 10.2. The lowest BCUT2D eigenvalue weighted by Gasteiger charge is -2.05. The molecule has 0 unspecified atom stereocenters. The highest BCUT2D eigenvalue weighted by atomic mass is 19.4.